The van der Waals surface area contributed by atoms with E-state index in [4.69, 9.17) is 0 Å². The Kier molecular flexibility index (Phi) is 9.21. The number of piperidine rings is 1. The molecular weight excluding hydrogens is 630 g/mol. The monoisotopic (exact) mass is 658 g/mol. The van der Waals surface area contributed by atoms with Crippen molar-refractivity contribution in [2.45, 2.75) is 57.7 Å². The summed E-state index contributed by atoms with van der Waals surface area (Å²) < 4.78 is 84.0. The van der Waals surface area contributed by atoms with Gasteiger partial charge in [0.1, 0.15) is 23.3 Å². The summed E-state index contributed by atoms with van der Waals surface area (Å²) in [6.07, 6.45) is -5.68. The summed E-state index contributed by atoms with van der Waals surface area (Å²) in [5.41, 5.74) is 0.614. The summed E-state index contributed by atoms with van der Waals surface area (Å²) in [5.74, 6) is -2.03. The van der Waals surface area contributed by atoms with E-state index >= 15 is 0 Å². The van der Waals surface area contributed by atoms with Crippen LogP contribution in [0.25, 0.3) is 11.3 Å². The highest BCUT2D eigenvalue weighted by atomic mass is 32.1. The molecule has 10 nitrogen and oxygen atoms in total. The number of carboxylic acid groups (broad SMARTS) is 1. The number of hydrogen-bond donors (Lipinski definition) is 2. The van der Waals surface area contributed by atoms with Crippen LogP contribution in [-0.2, 0) is 11.3 Å². The van der Waals surface area contributed by atoms with Crippen LogP contribution < -0.4 is 15.0 Å². The number of halogens is 6. The van der Waals surface area contributed by atoms with Gasteiger partial charge in [-0.25, -0.2) is 15.0 Å². The third-order valence-electron chi connectivity index (χ3n) is 7.60. The summed E-state index contributed by atoms with van der Waals surface area (Å²) >= 11 is 0.911. The van der Waals surface area contributed by atoms with E-state index in [0.717, 1.165) is 17.4 Å². The van der Waals surface area contributed by atoms with E-state index < -0.39 is 42.1 Å². The van der Waals surface area contributed by atoms with Gasteiger partial charge < -0.3 is 14.7 Å². The van der Waals surface area contributed by atoms with Gasteiger partial charge in [0.05, 0.1) is 24.0 Å². The number of rotatable bonds is 8. The van der Waals surface area contributed by atoms with E-state index in [0.29, 0.717) is 48.6 Å². The Labute approximate surface area is 257 Å². The number of likely N-dealkylation sites (tertiary alicyclic amines) is 1. The van der Waals surface area contributed by atoms with Crippen LogP contribution in [0.5, 0.6) is 5.75 Å². The van der Waals surface area contributed by atoms with Crippen LogP contribution in [0.2, 0.25) is 0 Å². The van der Waals surface area contributed by atoms with E-state index in [1.807, 2.05) is 4.90 Å². The number of nitrogens with zero attached hydrogens (tertiary/aromatic N) is 5. The molecule has 1 amide bonds. The van der Waals surface area contributed by atoms with E-state index in [-0.39, 0.29) is 41.6 Å². The third-order valence-corrected chi connectivity index (χ3v) is 8.56. The molecule has 2 aromatic heterocycles. The first-order valence-corrected chi connectivity index (χ1v) is 14.8. The van der Waals surface area contributed by atoms with Gasteiger partial charge in [0, 0.05) is 30.1 Å². The molecule has 2 aliphatic rings. The molecular formula is C28H28F6N6O4S. The van der Waals surface area contributed by atoms with E-state index in [1.165, 1.54) is 29.4 Å². The van der Waals surface area contributed by atoms with Crippen LogP contribution in [0.15, 0.2) is 30.6 Å². The van der Waals surface area contributed by atoms with E-state index in [2.05, 4.69) is 25.0 Å². The van der Waals surface area contributed by atoms with Crippen LogP contribution in [0.3, 0.4) is 0 Å². The van der Waals surface area contributed by atoms with Gasteiger partial charge in [0.15, 0.2) is 5.13 Å². The zero-order chi connectivity index (χ0) is 32.5. The molecule has 0 saturated carbocycles. The van der Waals surface area contributed by atoms with Gasteiger partial charge in [-0.2, -0.15) is 13.2 Å². The molecule has 4 heterocycles. The van der Waals surface area contributed by atoms with E-state index in [9.17, 15) is 41.0 Å². The number of ether oxygens (including phenoxy) is 1. The first kappa shape index (κ1) is 32.4. The second kappa shape index (κ2) is 12.8. The van der Waals surface area contributed by atoms with Crippen molar-refractivity contribution in [2.24, 2.45) is 5.92 Å². The summed E-state index contributed by atoms with van der Waals surface area (Å²) in [5, 5.41) is 11.8. The predicted molar refractivity (Wildman–Crippen MR) is 151 cm³/mol. The number of nitrogens with one attached hydrogen (secondary N) is 1. The van der Waals surface area contributed by atoms with Crippen LogP contribution in [0, 0.1) is 12.8 Å². The smallest absolute Gasteiger partial charge is 0.481 e. The van der Waals surface area contributed by atoms with Crippen molar-refractivity contribution in [3.05, 3.63) is 46.7 Å². The van der Waals surface area contributed by atoms with Crippen LogP contribution in [0.1, 0.15) is 46.6 Å². The highest BCUT2D eigenvalue weighted by Gasteiger charge is 2.46. The summed E-state index contributed by atoms with van der Waals surface area (Å²) in [7, 11) is 0. The molecule has 242 valence electrons. The minimum absolute atomic E-state index is 0.00849. The zero-order valence-corrected chi connectivity index (χ0v) is 24.6. The van der Waals surface area contributed by atoms with Crippen molar-refractivity contribution in [3.63, 3.8) is 0 Å². The molecule has 45 heavy (non-hydrogen) atoms. The number of thiazole rings is 1. The van der Waals surface area contributed by atoms with Gasteiger partial charge in [0.25, 0.3) is 5.91 Å². The van der Waals surface area contributed by atoms with Crippen molar-refractivity contribution >= 4 is 34.2 Å². The number of hydrogen-bond acceptors (Lipinski definition) is 9. The number of carboxylic acids is 1. The first-order valence-electron chi connectivity index (χ1n) is 14.0. The fraction of sp³-hybridized carbons (Fsp3) is 0.464. The maximum atomic E-state index is 13.7. The normalized spacial score (nSPS) is 18.3. The maximum Gasteiger partial charge on any atom is 0.573 e. The van der Waals surface area contributed by atoms with Gasteiger partial charge in [-0.05, 0) is 62.9 Å². The standard InChI is InChI=1S/C28H28F6N6O4S/c1-15-9-17(11-18(10-15)44-28(32,33)34)23-20(14-40-6-2-3-21(40)27(29,30)31)45-26(37-23)38-24(41)19-12-36-22(13-35-19)39-7-4-16(5-8-39)25(42)43/h9-13,16,21H,2-8,14H2,1H3,(H,42,43)(H,37,38,41)/t21-/m0/s1. The first-order chi connectivity index (χ1) is 21.2. The molecule has 0 bridgehead atoms. The Hall–Kier alpha value is -3.99. The molecule has 17 heteroatoms. The summed E-state index contributed by atoms with van der Waals surface area (Å²) in [6.45, 7) is 2.43. The Morgan fingerprint density at radius 3 is 2.40 bits per heavy atom. The van der Waals surface area contributed by atoms with Crippen LogP contribution in [0.4, 0.5) is 37.3 Å². The van der Waals surface area contributed by atoms with Gasteiger partial charge in [-0.1, -0.05) is 11.3 Å². The average molecular weight is 659 g/mol. The van der Waals surface area contributed by atoms with Crippen LogP contribution >= 0.6 is 11.3 Å². The fourth-order valence-corrected chi connectivity index (χ4v) is 6.51. The molecule has 1 aromatic carbocycles. The molecule has 0 aliphatic carbocycles. The molecule has 0 spiro atoms. The van der Waals surface area contributed by atoms with Gasteiger partial charge in [-0.3, -0.25) is 19.8 Å². The second-order valence-corrected chi connectivity index (χ2v) is 11.9. The minimum Gasteiger partial charge on any atom is -0.481 e. The minimum atomic E-state index is -4.96. The quantitative estimate of drug-likeness (QED) is 0.286. The zero-order valence-electron chi connectivity index (χ0n) is 23.8. The predicted octanol–water partition coefficient (Wildman–Crippen LogP) is 5.89. The van der Waals surface area contributed by atoms with Gasteiger partial charge in [0.2, 0.25) is 0 Å². The Morgan fingerprint density at radius 1 is 1.04 bits per heavy atom. The summed E-state index contributed by atoms with van der Waals surface area (Å²) in [4.78, 5) is 40.5. The topological polar surface area (TPSA) is 121 Å². The molecule has 1 atom stereocenters. The van der Waals surface area contributed by atoms with Crippen LogP contribution in [-0.4, -0.2) is 75.0 Å². The summed E-state index contributed by atoms with van der Waals surface area (Å²) in [6, 6.07) is 2.11. The van der Waals surface area contributed by atoms with E-state index in [1.54, 1.807) is 6.92 Å². The number of carbonyl (C=O) groups excluding carboxylic acids is 1. The average Bonchev–Trinajstić information content (AvgIpc) is 3.59. The lowest BCUT2D eigenvalue weighted by Gasteiger charge is -2.30. The van der Waals surface area contributed by atoms with Gasteiger partial charge in [-0.15, -0.1) is 13.2 Å². The van der Waals surface area contributed by atoms with Crippen molar-refractivity contribution < 1.29 is 45.8 Å². The number of aryl methyl sites for hydroxylation is 1. The Balaban J connectivity index is 1.38. The number of amides is 1. The largest absolute Gasteiger partial charge is 0.573 e. The Morgan fingerprint density at radius 2 is 1.78 bits per heavy atom. The lowest BCUT2D eigenvalue weighted by molar-refractivity contribution is -0.274. The number of carbonyl (C=O) groups is 2. The molecule has 0 unspecified atom stereocenters. The fourth-order valence-electron chi connectivity index (χ4n) is 5.50. The molecule has 3 aromatic rings. The third kappa shape index (κ3) is 8.00. The Bertz CT molecular complexity index is 1540. The molecule has 2 fully saturated rings. The number of aliphatic carboxylic acids is 1. The number of alkyl halides is 6. The molecule has 2 aliphatic heterocycles. The van der Waals surface area contributed by atoms with Crippen molar-refractivity contribution in [1.29, 1.82) is 0 Å². The van der Waals surface area contributed by atoms with Crippen molar-refractivity contribution in [1.82, 2.24) is 19.9 Å². The molecule has 2 N–H and O–H groups in total. The highest BCUT2D eigenvalue weighted by molar-refractivity contribution is 7.16. The van der Waals surface area contributed by atoms with Crippen molar-refractivity contribution in [2.75, 3.05) is 29.9 Å². The lowest BCUT2D eigenvalue weighted by Crippen LogP contribution is -2.40. The SMILES string of the molecule is Cc1cc(OC(F)(F)F)cc(-c2nc(NC(=O)c3cnc(N4CCC(C(=O)O)CC4)cn3)sc2CN2CCC[C@H]2C(F)(F)F)c1. The molecule has 5 rings (SSSR count). The lowest BCUT2D eigenvalue weighted by atomic mass is 9.97. The molecule has 2 saturated heterocycles. The highest BCUT2D eigenvalue weighted by Crippen LogP contribution is 2.39. The van der Waals surface area contributed by atoms with Crippen molar-refractivity contribution in [3.8, 4) is 17.0 Å². The number of anilines is 2. The maximum absolute atomic E-state index is 13.7. The number of benzene rings is 1. The molecule has 0 radical (unpaired) electrons. The van der Waals surface area contributed by atoms with Gasteiger partial charge >= 0.3 is 18.5 Å². The number of aromatic nitrogens is 3. The second-order valence-electron chi connectivity index (χ2n) is 10.9.